The maximum atomic E-state index is 12.5. The fraction of sp³-hybridized carbons (Fsp3) is 0.235. The third kappa shape index (κ3) is 4.49. The van der Waals surface area contributed by atoms with Crippen LogP contribution < -0.4 is 9.62 Å². The largest absolute Gasteiger partial charge is 0.324 e. The maximum Gasteiger partial charge on any atom is 0.247 e. The highest BCUT2D eigenvalue weighted by atomic mass is 35.5. The van der Waals surface area contributed by atoms with Gasteiger partial charge in [-0.1, -0.05) is 35.4 Å². The number of benzene rings is 2. The fourth-order valence-electron chi connectivity index (χ4n) is 2.31. The Morgan fingerprint density at radius 3 is 2.33 bits per heavy atom. The van der Waals surface area contributed by atoms with Gasteiger partial charge in [-0.3, -0.25) is 9.10 Å². The molecule has 5 nitrogen and oxygen atoms in total. The molecule has 0 radical (unpaired) electrons. The van der Waals surface area contributed by atoms with Crippen LogP contribution in [0, 0.1) is 6.92 Å². The molecule has 128 valence electrons. The van der Waals surface area contributed by atoms with Crippen LogP contribution in [0.4, 0.5) is 11.4 Å². The van der Waals surface area contributed by atoms with E-state index < -0.39 is 22.0 Å². The van der Waals surface area contributed by atoms with Crippen molar-refractivity contribution < 1.29 is 13.2 Å². The minimum absolute atomic E-state index is 0.441. The fourth-order valence-corrected chi connectivity index (χ4v) is 3.68. The summed E-state index contributed by atoms with van der Waals surface area (Å²) in [5, 5.41) is 3.17. The Kier molecular flexibility index (Phi) is 5.51. The summed E-state index contributed by atoms with van der Waals surface area (Å²) in [5.41, 5.74) is 1.96. The van der Waals surface area contributed by atoms with E-state index in [4.69, 9.17) is 11.6 Å². The molecule has 7 heteroatoms. The number of nitrogens with one attached hydrogen (secondary N) is 1. The molecule has 0 aliphatic rings. The topological polar surface area (TPSA) is 66.5 Å². The molecule has 0 saturated carbocycles. The first-order valence-electron chi connectivity index (χ1n) is 7.31. The van der Waals surface area contributed by atoms with Gasteiger partial charge < -0.3 is 5.32 Å². The minimum atomic E-state index is -3.63. The molecule has 1 atom stereocenters. The molecule has 24 heavy (non-hydrogen) atoms. The number of amides is 1. The Morgan fingerprint density at radius 1 is 1.17 bits per heavy atom. The van der Waals surface area contributed by atoms with E-state index in [-0.39, 0.29) is 0 Å². The molecule has 2 aromatic rings. The monoisotopic (exact) mass is 366 g/mol. The van der Waals surface area contributed by atoms with Crippen molar-refractivity contribution in [3.63, 3.8) is 0 Å². The second-order valence-corrected chi connectivity index (χ2v) is 7.87. The molecule has 0 saturated heterocycles. The summed E-state index contributed by atoms with van der Waals surface area (Å²) in [7, 11) is -3.63. The first kappa shape index (κ1) is 18.3. The predicted molar refractivity (Wildman–Crippen MR) is 98.0 cm³/mol. The Bertz CT molecular complexity index is 835. The van der Waals surface area contributed by atoms with Crippen molar-refractivity contribution in [1.82, 2.24) is 0 Å². The van der Waals surface area contributed by atoms with Crippen molar-refractivity contribution in [2.24, 2.45) is 0 Å². The number of aryl methyl sites for hydroxylation is 1. The first-order valence-corrected chi connectivity index (χ1v) is 9.53. The smallest absolute Gasteiger partial charge is 0.247 e. The Morgan fingerprint density at radius 2 is 1.79 bits per heavy atom. The average molecular weight is 367 g/mol. The molecule has 2 rings (SSSR count). The second kappa shape index (κ2) is 7.23. The zero-order chi connectivity index (χ0) is 17.9. The standard InChI is InChI=1S/C17H19ClN2O3S/c1-12-7-9-16(10-8-12)20(24(3,22)23)13(2)17(21)19-15-6-4-5-14(18)11-15/h4-11,13H,1-3H3,(H,19,21)/t13-/m1/s1. The highest BCUT2D eigenvalue weighted by Gasteiger charge is 2.29. The molecule has 0 heterocycles. The summed E-state index contributed by atoms with van der Waals surface area (Å²) in [6.45, 7) is 3.45. The summed E-state index contributed by atoms with van der Waals surface area (Å²) in [4.78, 5) is 12.5. The predicted octanol–water partition coefficient (Wildman–Crippen LogP) is 3.44. The molecule has 0 aliphatic carbocycles. The lowest BCUT2D eigenvalue weighted by Gasteiger charge is -2.28. The van der Waals surface area contributed by atoms with Crippen molar-refractivity contribution in [2.75, 3.05) is 15.9 Å². The molecular formula is C17H19ClN2O3S. The van der Waals surface area contributed by atoms with E-state index >= 15 is 0 Å². The zero-order valence-electron chi connectivity index (χ0n) is 13.7. The van der Waals surface area contributed by atoms with Gasteiger partial charge in [0, 0.05) is 10.7 Å². The van der Waals surface area contributed by atoms with E-state index in [1.807, 2.05) is 6.92 Å². The molecule has 0 bridgehead atoms. The van der Waals surface area contributed by atoms with Crippen molar-refractivity contribution in [1.29, 1.82) is 0 Å². The molecule has 2 aromatic carbocycles. The van der Waals surface area contributed by atoms with Crippen LogP contribution in [0.5, 0.6) is 0 Å². The zero-order valence-corrected chi connectivity index (χ0v) is 15.2. The molecule has 0 spiro atoms. The summed E-state index contributed by atoms with van der Waals surface area (Å²) in [5.74, 6) is -0.441. The average Bonchev–Trinajstić information content (AvgIpc) is 2.48. The van der Waals surface area contributed by atoms with Crippen LogP contribution in [-0.4, -0.2) is 26.6 Å². The first-order chi connectivity index (χ1) is 11.2. The summed E-state index contributed by atoms with van der Waals surface area (Å²) in [6, 6.07) is 12.7. The summed E-state index contributed by atoms with van der Waals surface area (Å²) < 4.78 is 25.5. The van der Waals surface area contributed by atoms with Gasteiger partial charge in [0.25, 0.3) is 0 Å². The van der Waals surface area contributed by atoms with Crippen LogP contribution >= 0.6 is 11.6 Å². The van der Waals surface area contributed by atoms with Gasteiger partial charge >= 0.3 is 0 Å². The van der Waals surface area contributed by atoms with Crippen molar-refractivity contribution in [2.45, 2.75) is 19.9 Å². The SMILES string of the molecule is Cc1ccc(N([C@H](C)C(=O)Nc2cccc(Cl)c2)S(C)(=O)=O)cc1. The summed E-state index contributed by atoms with van der Waals surface area (Å²) in [6.07, 6.45) is 1.08. The second-order valence-electron chi connectivity index (χ2n) is 5.57. The van der Waals surface area contributed by atoms with E-state index in [2.05, 4.69) is 5.32 Å². The minimum Gasteiger partial charge on any atom is -0.324 e. The number of nitrogens with zero attached hydrogens (tertiary/aromatic N) is 1. The maximum absolute atomic E-state index is 12.5. The number of hydrogen-bond donors (Lipinski definition) is 1. The number of halogens is 1. The number of anilines is 2. The lowest BCUT2D eigenvalue weighted by atomic mass is 10.2. The molecule has 0 aliphatic heterocycles. The molecule has 0 fully saturated rings. The molecular weight excluding hydrogens is 348 g/mol. The Labute approximate surface area is 147 Å². The van der Waals surface area contributed by atoms with E-state index in [0.717, 1.165) is 16.1 Å². The van der Waals surface area contributed by atoms with Gasteiger partial charge in [-0.15, -0.1) is 0 Å². The van der Waals surface area contributed by atoms with Gasteiger partial charge in [-0.05, 0) is 44.2 Å². The van der Waals surface area contributed by atoms with Gasteiger partial charge in [0.05, 0.1) is 11.9 Å². The molecule has 0 aromatic heterocycles. The van der Waals surface area contributed by atoms with E-state index in [0.29, 0.717) is 16.4 Å². The van der Waals surface area contributed by atoms with Gasteiger partial charge in [-0.2, -0.15) is 0 Å². The highest BCUT2D eigenvalue weighted by molar-refractivity contribution is 7.92. The van der Waals surface area contributed by atoms with Crippen LogP contribution in [0.2, 0.25) is 5.02 Å². The van der Waals surface area contributed by atoms with E-state index in [9.17, 15) is 13.2 Å². The third-order valence-corrected chi connectivity index (χ3v) is 4.95. The number of rotatable bonds is 5. The van der Waals surface area contributed by atoms with Crippen LogP contribution in [0.3, 0.4) is 0 Å². The van der Waals surface area contributed by atoms with E-state index in [1.165, 1.54) is 0 Å². The van der Waals surface area contributed by atoms with Crippen molar-refractivity contribution in [3.05, 3.63) is 59.1 Å². The Balaban J connectivity index is 2.29. The summed E-state index contributed by atoms with van der Waals surface area (Å²) >= 11 is 5.90. The van der Waals surface area contributed by atoms with Crippen LogP contribution in [-0.2, 0) is 14.8 Å². The highest BCUT2D eigenvalue weighted by Crippen LogP contribution is 2.22. The van der Waals surface area contributed by atoms with Gasteiger partial charge in [0.1, 0.15) is 6.04 Å². The third-order valence-electron chi connectivity index (χ3n) is 3.47. The number of carbonyl (C=O) groups excluding carboxylic acids is 1. The Hall–Kier alpha value is -2.05. The quantitative estimate of drug-likeness (QED) is 0.881. The molecule has 1 amide bonds. The molecule has 0 unspecified atom stereocenters. The van der Waals surface area contributed by atoms with Crippen LogP contribution in [0.25, 0.3) is 0 Å². The lowest BCUT2D eigenvalue weighted by Crippen LogP contribution is -2.45. The number of carbonyl (C=O) groups is 1. The number of sulfonamides is 1. The lowest BCUT2D eigenvalue weighted by molar-refractivity contribution is -0.116. The van der Waals surface area contributed by atoms with Gasteiger partial charge in [-0.25, -0.2) is 8.42 Å². The van der Waals surface area contributed by atoms with Crippen molar-refractivity contribution >= 4 is 38.9 Å². The van der Waals surface area contributed by atoms with Gasteiger partial charge in [0.15, 0.2) is 0 Å². The molecule has 1 N–H and O–H groups in total. The number of hydrogen-bond acceptors (Lipinski definition) is 3. The van der Waals surface area contributed by atoms with Crippen LogP contribution in [0.15, 0.2) is 48.5 Å². The van der Waals surface area contributed by atoms with Gasteiger partial charge in [0.2, 0.25) is 15.9 Å². The van der Waals surface area contributed by atoms with Crippen molar-refractivity contribution in [3.8, 4) is 0 Å². The van der Waals surface area contributed by atoms with E-state index in [1.54, 1.807) is 55.5 Å². The normalized spacial score (nSPS) is 12.5. The van der Waals surface area contributed by atoms with Crippen LogP contribution in [0.1, 0.15) is 12.5 Å².